The van der Waals surface area contributed by atoms with Gasteiger partial charge in [0.1, 0.15) is 6.17 Å². The van der Waals surface area contributed by atoms with Crippen LogP contribution < -0.4 is 0 Å². The van der Waals surface area contributed by atoms with E-state index < -0.39 is 17.0 Å². The minimum absolute atomic E-state index is 0.0906. The van der Waals surface area contributed by atoms with Gasteiger partial charge in [0.25, 0.3) is 5.91 Å². The van der Waals surface area contributed by atoms with Crippen molar-refractivity contribution in [3.63, 3.8) is 0 Å². The average molecular weight is 516 g/mol. The number of piperidine rings is 1. The van der Waals surface area contributed by atoms with E-state index in [-0.39, 0.29) is 11.9 Å². The summed E-state index contributed by atoms with van der Waals surface area (Å²) in [6.45, 7) is 7.20. The van der Waals surface area contributed by atoms with Gasteiger partial charge in [-0.3, -0.25) is 23.5 Å². The number of halogens is 1. The molecule has 1 amide bonds. The normalized spacial score (nSPS) is 27.1. The zero-order chi connectivity index (χ0) is 24.6. The molecule has 3 saturated heterocycles. The highest BCUT2D eigenvalue weighted by molar-refractivity contribution is 7.84. The van der Waals surface area contributed by atoms with E-state index in [1.54, 1.807) is 4.90 Å². The van der Waals surface area contributed by atoms with Crippen LogP contribution in [0.2, 0.25) is 0 Å². The molecule has 0 spiro atoms. The van der Waals surface area contributed by atoms with E-state index >= 15 is 0 Å². The zero-order valence-electron chi connectivity index (χ0n) is 20.6. The fourth-order valence-corrected chi connectivity index (χ4v) is 7.35. The van der Waals surface area contributed by atoms with E-state index in [1.807, 2.05) is 24.3 Å². The SMILES string of the molecule is O=C(c1nn(C2CCCN(CCN3CC[C@H](F)C3)C2)c2c1CS(=O)c1ccccc1-2)N1CCOCC1. The average Bonchev–Trinajstić information content (AvgIpc) is 3.51. The second-order valence-electron chi connectivity index (χ2n) is 10.3. The van der Waals surface area contributed by atoms with Crippen LogP contribution in [0.5, 0.6) is 0 Å². The summed E-state index contributed by atoms with van der Waals surface area (Å²) in [5.74, 6) is 0.222. The first kappa shape index (κ1) is 24.2. The van der Waals surface area contributed by atoms with Crippen LogP contribution in [0.1, 0.15) is 41.4 Å². The van der Waals surface area contributed by atoms with Gasteiger partial charge in [-0.15, -0.1) is 0 Å². The number of ether oxygens (including phenoxy) is 1. The first-order valence-electron chi connectivity index (χ1n) is 13.1. The lowest BCUT2D eigenvalue weighted by atomic mass is 10.0. The van der Waals surface area contributed by atoms with Gasteiger partial charge in [-0.05, 0) is 31.9 Å². The summed E-state index contributed by atoms with van der Waals surface area (Å²) in [6, 6.07) is 7.95. The van der Waals surface area contributed by atoms with Crippen molar-refractivity contribution in [3.05, 3.63) is 35.5 Å². The number of aromatic nitrogens is 2. The number of hydrogen-bond acceptors (Lipinski definition) is 6. The van der Waals surface area contributed by atoms with Gasteiger partial charge in [-0.1, -0.05) is 18.2 Å². The van der Waals surface area contributed by atoms with E-state index in [4.69, 9.17) is 9.84 Å². The largest absolute Gasteiger partial charge is 0.378 e. The summed E-state index contributed by atoms with van der Waals surface area (Å²) in [5.41, 5.74) is 3.13. The minimum Gasteiger partial charge on any atom is -0.378 e. The summed E-state index contributed by atoms with van der Waals surface area (Å²) in [6.07, 6.45) is 1.98. The molecule has 0 bridgehead atoms. The van der Waals surface area contributed by atoms with Crippen molar-refractivity contribution in [2.45, 2.75) is 42.1 Å². The summed E-state index contributed by atoms with van der Waals surface area (Å²) < 4.78 is 34.3. The number of morpholine rings is 1. The fourth-order valence-electron chi connectivity index (χ4n) is 6.02. The molecule has 1 aromatic heterocycles. The quantitative estimate of drug-likeness (QED) is 0.609. The molecule has 0 saturated carbocycles. The number of fused-ring (bicyclic) bond motifs is 3. The lowest BCUT2D eigenvalue weighted by molar-refractivity contribution is 0.0297. The maximum atomic E-state index is 13.6. The molecule has 3 fully saturated rings. The molecule has 6 rings (SSSR count). The van der Waals surface area contributed by atoms with Crippen molar-refractivity contribution >= 4 is 16.7 Å². The molecule has 2 unspecified atom stereocenters. The van der Waals surface area contributed by atoms with Crippen LogP contribution in [-0.2, 0) is 21.3 Å². The van der Waals surface area contributed by atoms with Crippen molar-refractivity contribution < 1.29 is 18.1 Å². The topological polar surface area (TPSA) is 70.9 Å². The Morgan fingerprint density at radius 3 is 2.61 bits per heavy atom. The van der Waals surface area contributed by atoms with Gasteiger partial charge in [-0.2, -0.15) is 5.10 Å². The number of hydrogen-bond donors (Lipinski definition) is 0. The lowest BCUT2D eigenvalue weighted by Crippen LogP contribution is -2.42. The number of amides is 1. The Hall–Kier alpha value is -2.14. The van der Waals surface area contributed by atoms with Crippen molar-refractivity contribution in [2.75, 3.05) is 65.6 Å². The van der Waals surface area contributed by atoms with Gasteiger partial charge in [0.05, 0.1) is 41.5 Å². The van der Waals surface area contributed by atoms with Crippen LogP contribution >= 0.6 is 0 Å². The number of likely N-dealkylation sites (tertiary alicyclic amines) is 2. The minimum atomic E-state index is -1.21. The Balaban J connectivity index is 1.31. The predicted molar refractivity (Wildman–Crippen MR) is 135 cm³/mol. The molecule has 10 heteroatoms. The number of carbonyl (C=O) groups excluding carboxylic acids is 1. The third-order valence-electron chi connectivity index (χ3n) is 7.95. The van der Waals surface area contributed by atoms with Crippen molar-refractivity contribution in [1.29, 1.82) is 0 Å². The lowest BCUT2D eigenvalue weighted by Gasteiger charge is -2.35. The van der Waals surface area contributed by atoms with E-state index in [9.17, 15) is 13.4 Å². The van der Waals surface area contributed by atoms with Gasteiger partial charge in [0, 0.05) is 61.8 Å². The first-order valence-corrected chi connectivity index (χ1v) is 14.5. The Kier molecular flexibility index (Phi) is 6.94. The molecule has 4 aliphatic heterocycles. The Bertz CT molecular complexity index is 1150. The van der Waals surface area contributed by atoms with Crippen LogP contribution in [0.4, 0.5) is 4.39 Å². The second kappa shape index (κ2) is 10.3. The van der Waals surface area contributed by atoms with E-state index in [0.29, 0.717) is 50.7 Å². The first-order chi connectivity index (χ1) is 17.6. The van der Waals surface area contributed by atoms with Crippen molar-refractivity contribution in [3.8, 4) is 11.3 Å². The van der Waals surface area contributed by atoms with Gasteiger partial charge >= 0.3 is 0 Å². The third kappa shape index (κ3) is 4.64. The summed E-state index contributed by atoms with van der Waals surface area (Å²) >= 11 is 0. The van der Waals surface area contributed by atoms with Gasteiger partial charge in [0.15, 0.2) is 5.69 Å². The predicted octanol–water partition coefficient (Wildman–Crippen LogP) is 2.32. The van der Waals surface area contributed by atoms with E-state index in [1.165, 1.54) is 0 Å². The number of rotatable bonds is 5. The molecule has 0 N–H and O–H groups in total. The third-order valence-corrected chi connectivity index (χ3v) is 9.34. The molecule has 8 nitrogen and oxygen atoms in total. The smallest absolute Gasteiger partial charge is 0.274 e. The number of benzene rings is 1. The number of alkyl halides is 1. The fraction of sp³-hybridized carbons (Fsp3) is 0.615. The summed E-state index contributed by atoms with van der Waals surface area (Å²) in [4.78, 5) is 20.9. The van der Waals surface area contributed by atoms with Gasteiger partial charge in [0.2, 0.25) is 0 Å². The standard InChI is InChI=1S/C26H34FN5O3S/c27-19-7-9-30(16-19)11-10-29-8-3-4-20(17-29)32-25-21-5-1-2-6-23(21)36(34)18-22(25)24(28-32)26(33)31-12-14-35-15-13-31/h1-2,5-6,19-20H,3-4,7-18H2/t19-,20?,36?/m0/s1. The molecule has 1 aromatic carbocycles. The highest BCUT2D eigenvalue weighted by atomic mass is 32.2. The Morgan fingerprint density at radius 1 is 1.06 bits per heavy atom. The molecule has 4 aliphatic rings. The number of nitrogens with zero attached hydrogens (tertiary/aromatic N) is 5. The highest BCUT2D eigenvalue weighted by Gasteiger charge is 2.36. The van der Waals surface area contributed by atoms with Crippen LogP contribution in [0.15, 0.2) is 29.2 Å². The molecule has 3 atom stereocenters. The van der Waals surface area contributed by atoms with E-state index in [2.05, 4.69) is 14.5 Å². The molecule has 5 heterocycles. The van der Waals surface area contributed by atoms with Crippen LogP contribution in [0, 0.1) is 0 Å². The highest BCUT2D eigenvalue weighted by Crippen LogP contribution is 2.40. The van der Waals surface area contributed by atoms with Crippen molar-refractivity contribution in [2.24, 2.45) is 0 Å². The van der Waals surface area contributed by atoms with Gasteiger partial charge in [-0.25, -0.2) is 4.39 Å². The van der Waals surface area contributed by atoms with Crippen molar-refractivity contribution in [1.82, 2.24) is 24.5 Å². The molecular formula is C26H34FN5O3S. The van der Waals surface area contributed by atoms with Crippen LogP contribution in [0.3, 0.4) is 0 Å². The number of carbonyl (C=O) groups is 1. The maximum Gasteiger partial charge on any atom is 0.274 e. The molecule has 36 heavy (non-hydrogen) atoms. The second-order valence-corrected chi connectivity index (χ2v) is 11.7. The van der Waals surface area contributed by atoms with Crippen LogP contribution in [0.25, 0.3) is 11.3 Å². The monoisotopic (exact) mass is 515 g/mol. The molecule has 0 radical (unpaired) electrons. The molecule has 2 aromatic rings. The van der Waals surface area contributed by atoms with Gasteiger partial charge < -0.3 is 9.64 Å². The maximum absolute atomic E-state index is 13.6. The molecular weight excluding hydrogens is 481 g/mol. The summed E-state index contributed by atoms with van der Waals surface area (Å²) in [7, 11) is -1.21. The Morgan fingerprint density at radius 2 is 1.83 bits per heavy atom. The molecule has 194 valence electrons. The van der Waals surface area contributed by atoms with E-state index in [0.717, 1.165) is 67.3 Å². The Labute approximate surface area is 213 Å². The summed E-state index contributed by atoms with van der Waals surface area (Å²) in [5, 5.41) is 4.97. The van der Waals surface area contributed by atoms with Crippen LogP contribution in [-0.4, -0.2) is 106 Å². The molecule has 0 aliphatic carbocycles. The zero-order valence-corrected chi connectivity index (χ0v) is 21.4.